The molecule has 3 aliphatic rings. The third-order valence-corrected chi connectivity index (χ3v) is 5.89. The highest BCUT2D eigenvalue weighted by Gasteiger charge is 2.37. The first-order valence-electron chi connectivity index (χ1n) is 8.36. The van der Waals surface area contributed by atoms with Crippen LogP contribution in [0.2, 0.25) is 0 Å². The van der Waals surface area contributed by atoms with Crippen molar-refractivity contribution in [3.05, 3.63) is 0 Å². The summed E-state index contributed by atoms with van der Waals surface area (Å²) >= 11 is 0. The molecule has 0 aromatic rings. The van der Waals surface area contributed by atoms with Crippen LogP contribution in [0.15, 0.2) is 0 Å². The van der Waals surface area contributed by atoms with Crippen molar-refractivity contribution in [1.29, 1.82) is 0 Å². The summed E-state index contributed by atoms with van der Waals surface area (Å²) in [5, 5.41) is 6.74. The van der Waals surface area contributed by atoms with E-state index in [4.69, 9.17) is 0 Å². The minimum absolute atomic E-state index is 0.240. The average Bonchev–Trinajstić information content (AvgIpc) is 2.95. The van der Waals surface area contributed by atoms with Gasteiger partial charge in [0, 0.05) is 19.1 Å². The second-order valence-electron chi connectivity index (χ2n) is 7.31. The van der Waals surface area contributed by atoms with Crippen LogP contribution < -0.4 is 10.6 Å². The Bertz CT molecular complexity index is 348. The fourth-order valence-electron chi connectivity index (χ4n) is 4.32. The summed E-state index contributed by atoms with van der Waals surface area (Å²) in [6, 6.07) is 0.398. The Balaban J connectivity index is 1.45. The first-order valence-corrected chi connectivity index (χ1v) is 8.36. The van der Waals surface area contributed by atoms with Crippen molar-refractivity contribution >= 4 is 5.91 Å². The minimum Gasteiger partial charge on any atom is -0.352 e. The number of likely N-dealkylation sites (tertiary alicyclic amines) is 1. The first-order chi connectivity index (χ1) is 9.63. The highest BCUT2D eigenvalue weighted by molar-refractivity contribution is 5.78. The van der Waals surface area contributed by atoms with Crippen molar-refractivity contribution in [2.75, 3.05) is 32.7 Å². The molecule has 3 rings (SSSR count). The van der Waals surface area contributed by atoms with Crippen molar-refractivity contribution < 1.29 is 4.79 Å². The van der Waals surface area contributed by atoms with Gasteiger partial charge in [-0.1, -0.05) is 26.7 Å². The van der Waals surface area contributed by atoms with E-state index in [0.717, 1.165) is 50.4 Å². The van der Waals surface area contributed by atoms with E-state index in [-0.39, 0.29) is 5.91 Å². The van der Waals surface area contributed by atoms with Crippen molar-refractivity contribution in [3.63, 3.8) is 0 Å². The Morgan fingerprint density at radius 1 is 1.20 bits per heavy atom. The second-order valence-corrected chi connectivity index (χ2v) is 7.31. The summed E-state index contributed by atoms with van der Waals surface area (Å²) in [5.74, 6) is 3.15. The van der Waals surface area contributed by atoms with Crippen LogP contribution in [-0.4, -0.2) is 49.6 Å². The zero-order chi connectivity index (χ0) is 14.1. The number of nitrogens with zero attached hydrogens (tertiary/aromatic N) is 1. The third-order valence-electron chi connectivity index (χ3n) is 5.89. The molecule has 1 saturated carbocycles. The highest BCUT2D eigenvalue weighted by atomic mass is 16.2. The molecular weight excluding hydrogens is 250 g/mol. The highest BCUT2D eigenvalue weighted by Crippen LogP contribution is 2.29. The van der Waals surface area contributed by atoms with Gasteiger partial charge in [-0.05, 0) is 43.2 Å². The molecule has 0 aromatic carbocycles. The molecule has 1 amide bonds. The average molecular weight is 279 g/mol. The molecule has 2 saturated heterocycles. The lowest BCUT2D eigenvalue weighted by atomic mass is 9.78. The maximum absolute atomic E-state index is 12.3. The van der Waals surface area contributed by atoms with Crippen LogP contribution in [0.4, 0.5) is 0 Å². The molecule has 0 radical (unpaired) electrons. The maximum atomic E-state index is 12.3. The van der Waals surface area contributed by atoms with Gasteiger partial charge < -0.3 is 10.6 Å². The summed E-state index contributed by atoms with van der Waals surface area (Å²) in [6.45, 7) is 9.69. The fraction of sp³-hybridized carbons (Fsp3) is 0.938. The Kier molecular flexibility index (Phi) is 4.32. The molecule has 2 N–H and O–H groups in total. The van der Waals surface area contributed by atoms with Crippen molar-refractivity contribution in [2.45, 2.75) is 39.2 Å². The van der Waals surface area contributed by atoms with Gasteiger partial charge in [0.1, 0.15) is 0 Å². The molecule has 4 nitrogen and oxygen atoms in total. The zero-order valence-electron chi connectivity index (χ0n) is 12.9. The molecule has 2 heterocycles. The van der Waals surface area contributed by atoms with Gasteiger partial charge in [0.15, 0.2) is 0 Å². The Morgan fingerprint density at radius 2 is 1.90 bits per heavy atom. The Hall–Kier alpha value is -0.610. The van der Waals surface area contributed by atoms with Gasteiger partial charge in [0.2, 0.25) is 5.91 Å². The molecule has 3 fully saturated rings. The van der Waals surface area contributed by atoms with Crippen molar-refractivity contribution in [3.8, 4) is 0 Å². The molecule has 20 heavy (non-hydrogen) atoms. The van der Waals surface area contributed by atoms with Gasteiger partial charge in [-0.15, -0.1) is 0 Å². The summed E-state index contributed by atoms with van der Waals surface area (Å²) < 4.78 is 0. The van der Waals surface area contributed by atoms with Gasteiger partial charge in [0.05, 0.1) is 6.54 Å². The normalized spacial score (nSPS) is 41.6. The monoisotopic (exact) mass is 279 g/mol. The van der Waals surface area contributed by atoms with E-state index in [1.165, 1.54) is 12.8 Å². The molecule has 0 spiro atoms. The molecule has 5 atom stereocenters. The van der Waals surface area contributed by atoms with E-state index in [1.807, 2.05) is 0 Å². The molecule has 2 aliphatic heterocycles. The first kappa shape index (κ1) is 14.3. The van der Waals surface area contributed by atoms with Crippen LogP contribution in [0.25, 0.3) is 0 Å². The predicted octanol–water partition coefficient (Wildman–Crippen LogP) is 1.08. The van der Waals surface area contributed by atoms with Crippen LogP contribution in [0.3, 0.4) is 0 Å². The van der Waals surface area contributed by atoms with E-state index in [0.29, 0.717) is 18.5 Å². The van der Waals surface area contributed by atoms with E-state index in [1.54, 1.807) is 0 Å². The second kappa shape index (κ2) is 6.02. The zero-order valence-corrected chi connectivity index (χ0v) is 12.9. The molecule has 0 bridgehead atoms. The van der Waals surface area contributed by atoms with E-state index in [9.17, 15) is 4.79 Å². The van der Waals surface area contributed by atoms with Gasteiger partial charge in [-0.2, -0.15) is 0 Å². The van der Waals surface area contributed by atoms with Crippen LogP contribution in [0.1, 0.15) is 33.1 Å². The maximum Gasteiger partial charge on any atom is 0.234 e. The number of carbonyl (C=O) groups excluding carboxylic acids is 1. The predicted molar refractivity (Wildman–Crippen MR) is 80.4 cm³/mol. The van der Waals surface area contributed by atoms with Crippen LogP contribution >= 0.6 is 0 Å². The lowest BCUT2D eigenvalue weighted by Crippen LogP contribution is -2.47. The molecule has 0 aromatic heterocycles. The minimum atomic E-state index is 0.240. The topological polar surface area (TPSA) is 44.4 Å². The standard InChI is InChI=1S/C16H29N3O/c1-11-4-3-5-15(12(11)2)18-16(20)10-19-8-13-6-17-7-14(13)9-19/h11-15,17H,3-10H2,1-2H3,(H,18,20)/t11?,12?,13-,14+,15?. The largest absolute Gasteiger partial charge is 0.352 e. The summed E-state index contributed by atoms with van der Waals surface area (Å²) in [5.41, 5.74) is 0. The Morgan fingerprint density at radius 3 is 2.60 bits per heavy atom. The number of carbonyl (C=O) groups is 1. The molecule has 114 valence electrons. The number of fused-ring (bicyclic) bond motifs is 1. The van der Waals surface area contributed by atoms with Crippen LogP contribution in [-0.2, 0) is 4.79 Å². The number of amides is 1. The SMILES string of the molecule is CC1CCCC(NC(=O)CN2C[C@H]3CNC[C@H]3C2)C1C. The van der Waals surface area contributed by atoms with E-state index in [2.05, 4.69) is 29.4 Å². The smallest absolute Gasteiger partial charge is 0.234 e. The van der Waals surface area contributed by atoms with Crippen LogP contribution in [0, 0.1) is 23.7 Å². The van der Waals surface area contributed by atoms with Crippen LogP contribution in [0.5, 0.6) is 0 Å². The number of nitrogens with one attached hydrogen (secondary N) is 2. The van der Waals surface area contributed by atoms with Gasteiger partial charge in [-0.25, -0.2) is 0 Å². The molecule has 3 unspecified atom stereocenters. The van der Waals surface area contributed by atoms with Crippen molar-refractivity contribution in [2.24, 2.45) is 23.7 Å². The molecular formula is C16H29N3O. The van der Waals surface area contributed by atoms with Gasteiger partial charge in [0.25, 0.3) is 0 Å². The number of hydrogen-bond donors (Lipinski definition) is 2. The fourth-order valence-corrected chi connectivity index (χ4v) is 4.32. The van der Waals surface area contributed by atoms with Crippen molar-refractivity contribution in [1.82, 2.24) is 15.5 Å². The molecule has 4 heteroatoms. The summed E-state index contributed by atoms with van der Waals surface area (Å²) in [4.78, 5) is 14.6. The van der Waals surface area contributed by atoms with Gasteiger partial charge in [-0.3, -0.25) is 9.69 Å². The lowest BCUT2D eigenvalue weighted by molar-refractivity contribution is -0.123. The van der Waals surface area contributed by atoms with E-state index < -0.39 is 0 Å². The summed E-state index contributed by atoms with van der Waals surface area (Å²) in [6.07, 6.45) is 3.73. The summed E-state index contributed by atoms with van der Waals surface area (Å²) in [7, 11) is 0. The number of rotatable bonds is 3. The molecule has 1 aliphatic carbocycles. The number of hydrogen-bond acceptors (Lipinski definition) is 3. The van der Waals surface area contributed by atoms with Gasteiger partial charge >= 0.3 is 0 Å². The Labute approximate surface area is 122 Å². The quantitative estimate of drug-likeness (QED) is 0.812. The third kappa shape index (κ3) is 3.01. The lowest BCUT2D eigenvalue weighted by Gasteiger charge is -2.35. The van der Waals surface area contributed by atoms with E-state index >= 15 is 0 Å².